The number of likely N-dealkylation sites (tertiary alicyclic amines) is 1. The monoisotopic (exact) mass is 371 g/mol. The van der Waals surface area contributed by atoms with Crippen LogP contribution < -0.4 is 0 Å². The van der Waals surface area contributed by atoms with Crippen molar-refractivity contribution in [1.29, 1.82) is 0 Å². The summed E-state index contributed by atoms with van der Waals surface area (Å²) in [6.45, 7) is 1.73. The Hall–Kier alpha value is -2.81. The fourth-order valence-corrected chi connectivity index (χ4v) is 3.74. The molecule has 0 radical (unpaired) electrons. The van der Waals surface area contributed by atoms with Crippen LogP contribution in [0.15, 0.2) is 30.5 Å². The van der Waals surface area contributed by atoms with Gasteiger partial charge < -0.3 is 9.64 Å². The van der Waals surface area contributed by atoms with Gasteiger partial charge in [0.2, 0.25) is 5.91 Å². The first-order valence-electron chi connectivity index (χ1n) is 8.38. The van der Waals surface area contributed by atoms with E-state index < -0.39 is 5.97 Å². The number of carbonyl (C=O) groups is 2. The summed E-state index contributed by atoms with van der Waals surface area (Å²) in [4.78, 5) is 30.5. The van der Waals surface area contributed by atoms with Crippen LogP contribution in [0.4, 0.5) is 0 Å². The molecule has 1 aromatic carbocycles. The van der Waals surface area contributed by atoms with E-state index in [0.29, 0.717) is 0 Å². The van der Waals surface area contributed by atoms with Crippen LogP contribution in [0.5, 0.6) is 0 Å². The third-order valence-corrected chi connectivity index (χ3v) is 5.18. The quantitative estimate of drug-likeness (QED) is 0.636. The van der Waals surface area contributed by atoms with E-state index in [-0.39, 0.29) is 24.8 Å². The van der Waals surface area contributed by atoms with Crippen molar-refractivity contribution in [2.24, 2.45) is 0 Å². The summed E-state index contributed by atoms with van der Waals surface area (Å²) in [7, 11) is 0. The zero-order valence-corrected chi connectivity index (χ0v) is 14.8. The Labute approximate surface area is 153 Å². The van der Waals surface area contributed by atoms with Gasteiger partial charge in [-0.05, 0) is 25.0 Å². The number of aromatic nitrogens is 4. The number of carbonyl (C=O) groups excluding carboxylic acids is 2. The first-order chi connectivity index (χ1) is 12.7. The number of para-hydroxylation sites is 1. The van der Waals surface area contributed by atoms with Crippen molar-refractivity contribution in [3.05, 3.63) is 41.2 Å². The molecule has 0 saturated carbocycles. The molecule has 3 heterocycles. The maximum absolute atomic E-state index is 12.1. The molecule has 0 unspecified atom stereocenters. The number of ether oxygens (including phenoxy) is 1. The maximum atomic E-state index is 12.1. The van der Waals surface area contributed by atoms with Crippen LogP contribution in [0.3, 0.4) is 0 Å². The molecule has 3 aromatic rings. The largest absolute Gasteiger partial charge is 0.453 e. The number of benzene rings is 1. The molecule has 0 atom stereocenters. The molecule has 2 aromatic heterocycles. The van der Waals surface area contributed by atoms with Crippen molar-refractivity contribution in [3.63, 3.8) is 0 Å². The van der Waals surface area contributed by atoms with Crippen molar-refractivity contribution in [1.82, 2.24) is 24.9 Å². The van der Waals surface area contributed by atoms with Crippen LogP contribution in [0.1, 0.15) is 28.3 Å². The van der Waals surface area contributed by atoms with Gasteiger partial charge in [-0.15, -0.1) is 16.4 Å². The number of hydrogen-bond acceptors (Lipinski definition) is 7. The number of esters is 1. The highest BCUT2D eigenvalue weighted by atomic mass is 32.1. The Morgan fingerprint density at radius 2 is 2.00 bits per heavy atom. The molecule has 0 N–H and O–H groups in total. The second-order valence-electron chi connectivity index (χ2n) is 6.04. The number of rotatable bonds is 5. The zero-order valence-electron chi connectivity index (χ0n) is 14.0. The van der Waals surface area contributed by atoms with Crippen molar-refractivity contribution >= 4 is 33.4 Å². The lowest BCUT2D eigenvalue weighted by atomic mass is 10.3. The molecule has 8 nitrogen and oxygen atoms in total. The first-order valence-corrected chi connectivity index (χ1v) is 9.20. The molecule has 1 aliphatic heterocycles. The number of fused-ring (bicyclic) bond motifs is 1. The van der Waals surface area contributed by atoms with Gasteiger partial charge in [0.15, 0.2) is 5.69 Å². The lowest BCUT2D eigenvalue weighted by Gasteiger charge is -2.14. The maximum Gasteiger partial charge on any atom is 0.360 e. The summed E-state index contributed by atoms with van der Waals surface area (Å²) >= 11 is 1.48. The molecule has 0 bridgehead atoms. The molecule has 4 rings (SSSR count). The molecular formula is C17H17N5O3S. The lowest BCUT2D eigenvalue weighted by Crippen LogP contribution is -2.31. The summed E-state index contributed by atoms with van der Waals surface area (Å²) in [5.41, 5.74) is 0.968. The molecule has 0 aliphatic carbocycles. The number of nitrogens with zero attached hydrogens (tertiary/aromatic N) is 5. The summed E-state index contributed by atoms with van der Waals surface area (Å²) in [5.74, 6) is -0.592. The first kappa shape index (κ1) is 16.6. The Kier molecular flexibility index (Phi) is 4.61. The third-order valence-electron chi connectivity index (χ3n) is 4.17. The Morgan fingerprint density at radius 3 is 2.81 bits per heavy atom. The van der Waals surface area contributed by atoms with E-state index in [0.717, 1.165) is 41.2 Å². The molecular weight excluding hydrogens is 354 g/mol. The Balaban J connectivity index is 1.34. The smallest absolute Gasteiger partial charge is 0.360 e. The topological polar surface area (TPSA) is 90.2 Å². The minimum Gasteiger partial charge on any atom is -0.453 e. The predicted molar refractivity (Wildman–Crippen MR) is 94.6 cm³/mol. The van der Waals surface area contributed by atoms with Gasteiger partial charge in [0.05, 0.1) is 16.4 Å². The van der Waals surface area contributed by atoms with Crippen LogP contribution in [0.25, 0.3) is 10.2 Å². The number of hydrogen-bond donors (Lipinski definition) is 0. The highest BCUT2D eigenvalue weighted by molar-refractivity contribution is 7.18. The molecule has 1 fully saturated rings. The molecule has 1 aliphatic rings. The van der Waals surface area contributed by atoms with Crippen LogP contribution in [0, 0.1) is 0 Å². The second kappa shape index (κ2) is 7.20. The normalized spacial score (nSPS) is 14.1. The van der Waals surface area contributed by atoms with Crippen molar-refractivity contribution in [3.8, 4) is 0 Å². The van der Waals surface area contributed by atoms with Gasteiger partial charge >= 0.3 is 5.97 Å². The van der Waals surface area contributed by atoms with Crippen LogP contribution >= 0.6 is 11.3 Å². The van der Waals surface area contributed by atoms with E-state index in [1.54, 1.807) is 4.90 Å². The minimum atomic E-state index is -0.580. The fraction of sp³-hybridized carbons (Fsp3) is 0.353. The predicted octanol–water partition coefficient (Wildman–Crippen LogP) is 1.87. The summed E-state index contributed by atoms with van der Waals surface area (Å²) in [6, 6.07) is 7.75. The van der Waals surface area contributed by atoms with Crippen molar-refractivity contribution < 1.29 is 14.3 Å². The van der Waals surface area contributed by atoms with Gasteiger partial charge in [0, 0.05) is 13.1 Å². The number of thiazole rings is 1. The standard InChI is InChI=1S/C17H17N5O3S/c23-16(21-7-3-4-8-21)10-22-9-13(19-20-22)17(24)25-11-15-18-12-5-1-2-6-14(12)26-15/h1-2,5-6,9H,3-4,7-8,10-11H2. The van der Waals surface area contributed by atoms with E-state index in [1.807, 2.05) is 24.3 Å². The second-order valence-corrected chi connectivity index (χ2v) is 7.16. The molecule has 0 spiro atoms. The molecule has 9 heteroatoms. The lowest BCUT2D eigenvalue weighted by molar-refractivity contribution is -0.130. The van der Waals surface area contributed by atoms with Crippen LogP contribution in [0.2, 0.25) is 0 Å². The van der Waals surface area contributed by atoms with E-state index in [1.165, 1.54) is 22.2 Å². The van der Waals surface area contributed by atoms with Gasteiger partial charge in [-0.3, -0.25) is 4.79 Å². The number of amides is 1. The third kappa shape index (κ3) is 3.57. The van der Waals surface area contributed by atoms with Crippen LogP contribution in [-0.4, -0.2) is 49.8 Å². The van der Waals surface area contributed by atoms with Crippen molar-refractivity contribution in [2.75, 3.05) is 13.1 Å². The van der Waals surface area contributed by atoms with Gasteiger partial charge in [0.1, 0.15) is 18.2 Å². The summed E-state index contributed by atoms with van der Waals surface area (Å²) in [5, 5.41) is 8.36. The molecule has 134 valence electrons. The van der Waals surface area contributed by atoms with E-state index >= 15 is 0 Å². The van der Waals surface area contributed by atoms with Gasteiger partial charge in [-0.2, -0.15) is 0 Å². The highest BCUT2D eigenvalue weighted by Gasteiger charge is 2.20. The van der Waals surface area contributed by atoms with Crippen molar-refractivity contribution in [2.45, 2.75) is 26.0 Å². The summed E-state index contributed by atoms with van der Waals surface area (Å²) < 4.78 is 7.68. The average Bonchev–Trinajstić information content (AvgIpc) is 3.38. The van der Waals surface area contributed by atoms with E-state index in [2.05, 4.69) is 15.3 Å². The fourth-order valence-electron chi connectivity index (χ4n) is 2.86. The highest BCUT2D eigenvalue weighted by Crippen LogP contribution is 2.22. The van der Waals surface area contributed by atoms with Gasteiger partial charge in [0.25, 0.3) is 0 Å². The van der Waals surface area contributed by atoms with E-state index in [9.17, 15) is 9.59 Å². The Morgan fingerprint density at radius 1 is 1.19 bits per heavy atom. The van der Waals surface area contributed by atoms with E-state index in [4.69, 9.17) is 4.74 Å². The van der Waals surface area contributed by atoms with Gasteiger partial charge in [-0.1, -0.05) is 17.3 Å². The average molecular weight is 371 g/mol. The minimum absolute atomic E-state index is 0.0122. The Bertz CT molecular complexity index is 912. The zero-order chi connectivity index (χ0) is 17.9. The molecule has 26 heavy (non-hydrogen) atoms. The molecule has 1 amide bonds. The van der Waals surface area contributed by atoms with Gasteiger partial charge in [-0.25, -0.2) is 14.5 Å². The molecule has 1 saturated heterocycles. The SMILES string of the molecule is O=C(OCc1nc2ccccc2s1)c1cn(CC(=O)N2CCCC2)nn1. The van der Waals surface area contributed by atoms with Crippen LogP contribution in [-0.2, 0) is 22.7 Å². The summed E-state index contributed by atoms with van der Waals surface area (Å²) in [6.07, 6.45) is 3.51.